The van der Waals surface area contributed by atoms with Gasteiger partial charge in [0.15, 0.2) is 0 Å². The van der Waals surface area contributed by atoms with Crippen molar-refractivity contribution >= 4 is 35.6 Å². The van der Waals surface area contributed by atoms with Gasteiger partial charge in [0.05, 0.1) is 17.7 Å². The summed E-state index contributed by atoms with van der Waals surface area (Å²) in [5.74, 6) is 0.114. The number of fused-ring (bicyclic) bond motifs is 2. The zero-order valence-corrected chi connectivity index (χ0v) is 15.8. The molecule has 1 aromatic rings. The molecule has 2 atom stereocenters. The third-order valence-corrected chi connectivity index (χ3v) is 5.82. The van der Waals surface area contributed by atoms with E-state index in [-0.39, 0.29) is 30.8 Å². The summed E-state index contributed by atoms with van der Waals surface area (Å²) in [5, 5.41) is 3.47. The summed E-state index contributed by atoms with van der Waals surface area (Å²) in [4.78, 5) is 33.6. The quantitative estimate of drug-likeness (QED) is 0.844. The molecule has 6 nitrogen and oxygen atoms in total. The van der Waals surface area contributed by atoms with Gasteiger partial charge in [-0.2, -0.15) is 0 Å². The van der Waals surface area contributed by atoms with Crippen molar-refractivity contribution in [2.75, 3.05) is 26.7 Å². The summed E-state index contributed by atoms with van der Waals surface area (Å²) < 4.78 is 0. The highest BCUT2D eigenvalue weighted by atomic mass is 35.5. The summed E-state index contributed by atoms with van der Waals surface area (Å²) in [6.07, 6.45) is 3.52. The number of halogens is 1. The Morgan fingerprint density at radius 1 is 1.46 bits per heavy atom. The summed E-state index contributed by atoms with van der Waals surface area (Å²) in [6, 6.07) is 0.657. The van der Waals surface area contributed by atoms with Crippen LogP contribution in [-0.2, 0) is 16.0 Å². The maximum atomic E-state index is 12.4. The van der Waals surface area contributed by atoms with Crippen LogP contribution in [0.3, 0.4) is 0 Å². The molecule has 2 aliphatic heterocycles. The third kappa shape index (κ3) is 4.46. The molecule has 0 saturated carbocycles. The van der Waals surface area contributed by atoms with Crippen LogP contribution in [0.4, 0.5) is 0 Å². The molecule has 8 heteroatoms. The minimum absolute atomic E-state index is 0. The van der Waals surface area contributed by atoms with Crippen molar-refractivity contribution in [1.82, 2.24) is 20.1 Å². The summed E-state index contributed by atoms with van der Waals surface area (Å²) in [7, 11) is 1.81. The van der Waals surface area contributed by atoms with E-state index in [2.05, 4.69) is 10.3 Å². The molecule has 2 bridgehead atoms. The maximum absolute atomic E-state index is 12.4. The Morgan fingerprint density at radius 3 is 2.92 bits per heavy atom. The van der Waals surface area contributed by atoms with Gasteiger partial charge in [-0.15, -0.1) is 23.7 Å². The minimum atomic E-state index is 0. The second kappa shape index (κ2) is 8.27. The lowest BCUT2D eigenvalue weighted by molar-refractivity contribution is -0.139. The molecular formula is C16H25ClN4O2S. The number of likely N-dealkylation sites (N-methyl/N-ethyl adjacent to an activating group) is 1. The zero-order valence-electron chi connectivity index (χ0n) is 14.2. The smallest absolute Gasteiger partial charge is 0.241 e. The van der Waals surface area contributed by atoms with Crippen LogP contribution in [-0.4, -0.2) is 65.4 Å². The van der Waals surface area contributed by atoms with Crippen molar-refractivity contribution in [3.63, 3.8) is 0 Å². The van der Waals surface area contributed by atoms with E-state index in [1.165, 1.54) is 4.88 Å². The topological polar surface area (TPSA) is 65.5 Å². The zero-order chi connectivity index (χ0) is 16.4. The van der Waals surface area contributed by atoms with E-state index < -0.39 is 0 Å². The molecule has 3 heterocycles. The van der Waals surface area contributed by atoms with Gasteiger partial charge in [-0.1, -0.05) is 0 Å². The number of thiazole rings is 1. The van der Waals surface area contributed by atoms with E-state index in [0.717, 1.165) is 25.0 Å². The Balaban J connectivity index is 0.00000208. The van der Waals surface area contributed by atoms with Gasteiger partial charge in [0.1, 0.15) is 0 Å². The predicted molar refractivity (Wildman–Crippen MR) is 96.6 cm³/mol. The highest BCUT2D eigenvalue weighted by Crippen LogP contribution is 2.21. The second-order valence-corrected chi connectivity index (χ2v) is 7.48. The monoisotopic (exact) mass is 372 g/mol. The molecule has 134 valence electrons. The van der Waals surface area contributed by atoms with Gasteiger partial charge in [-0.05, 0) is 19.8 Å². The van der Waals surface area contributed by atoms with E-state index in [0.29, 0.717) is 31.6 Å². The summed E-state index contributed by atoms with van der Waals surface area (Å²) in [5.41, 5.74) is 2.88. The number of carbonyl (C=O) groups excluding carboxylic acids is 2. The van der Waals surface area contributed by atoms with Crippen molar-refractivity contribution in [2.45, 2.75) is 44.7 Å². The largest absolute Gasteiger partial charge is 0.344 e. The van der Waals surface area contributed by atoms with Crippen LogP contribution >= 0.6 is 23.7 Å². The molecule has 3 rings (SSSR count). The van der Waals surface area contributed by atoms with Gasteiger partial charge >= 0.3 is 0 Å². The average molecular weight is 373 g/mol. The van der Waals surface area contributed by atoms with Crippen LogP contribution in [0.15, 0.2) is 5.51 Å². The normalized spacial score (nSPS) is 22.9. The first kappa shape index (κ1) is 19.1. The lowest BCUT2D eigenvalue weighted by Gasteiger charge is -2.26. The van der Waals surface area contributed by atoms with Crippen molar-refractivity contribution in [3.8, 4) is 0 Å². The third-order valence-electron chi connectivity index (χ3n) is 4.82. The predicted octanol–water partition coefficient (Wildman–Crippen LogP) is 1.23. The number of rotatable bonds is 5. The number of aromatic nitrogens is 1. The van der Waals surface area contributed by atoms with E-state index in [4.69, 9.17) is 0 Å². The fourth-order valence-electron chi connectivity index (χ4n) is 3.31. The number of aryl methyl sites for hydroxylation is 1. The Hall–Kier alpha value is -1.18. The van der Waals surface area contributed by atoms with Crippen molar-refractivity contribution in [3.05, 3.63) is 16.1 Å². The van der Waals surface area contributed by atoms with Crippen molar-refractivity contribution in [1.29, 1.82) is 0 Å². The number of hydrogen-bond donors (Lipinski definition) is 1. The molecule has 2 amide bonds. The first-order chi connectivity index (χ1) is 11.0. The highest BCUT2D eigenvalue weighted by Gasteiger charge is 2.34. The van der Waals surface area contributed by atoms with Gasteiger partial charge < -0.3 is 15.1 Å². The SMILES string of the molecule is Cc1ncsc1CCN(C)C(=O)CN1C[C@@H]2CC[C@H](CC1=O)N2.Cl. The van der Waals surface area contributed by atoms with E-state index in [1.54, 1.807) is 21.1 Å². The van der Waals surface area contributed by atoms with Crippen LogP contribution in [0.25, 0.3) is 0 Å². The van der Waals surface area contributed by atoms with Gasteiger partial charge in [0.2, 0.25) is 11.8 Å². The molecule has 0 aliphatic carbocycles. The molecule has 0 spiro atoms. The fourth-order valence-corrected chi connectivity index (χ4v) is 4.08. The Labute approximate surface area is 153 Å². The standard InChI is InChI=1S/C16H24N4O2S.ClH/c1-11-14(23-10-17-11)5-6-19(2)16(22)9-20-8-13-4-3-12(18-13)7-15(20)21;/h10,12-13,18H,3-9H2,1-2H3;1H/t12-,13+;/m1./s1. The highest BCUT2D eigenvalue weighted by molar-refractivity contribution is 7.09. The molecule has 2 aliphatic rings. The van der Waals surface area contributed by atoms with Crippen LogP contribution < -0.4 is 5.32 Å². The first-order valence-electron chi connectivity index (χ1n) is 8.19. The lowest BCUT2D eigenvalue weighted by atomic mass is 10.1. The van der Waals surface area contributed by atoms with Crippen LogP contribution in [0, 0.1) is 6.92 Å². The molecular weight excluding hydrogens is 348 g/mol. The van der Waals surface area contributed by atoms with Crippen molar-refractivity contribution < 1.29 is 9.59 Å². The van der Waals surface area contributed by atoms with E-state index >= 15 is 0 Å². The first-order valence-corrected chi connectivity index (χ1v) is 9.07. The van der Waals surface area contributed by atoms with Crippen molar-refractivity contribution in [2.24, 2.45) is 0 Å². The number of hydrogen-bond acceptors (Lipinski definition) is 5. The molecule has 0 aromatic carbocycles. The number of likely N-dealkylation sites (tertiary alicyclic amines) is 1. The van der Waals surface area contributed by atoms with Crippen LogP contribution in [0.5, 0.6) is 0 Å². The summed E-state index contributed by atoms with van der Waals surface area (Å²) >= 11 is 1.63. The van der Waals surface area contributed by atoms with Crippen LogP contribution in [0.2, 0.25) is 0 Å². The molecule has 2 saturated heterocycles. The molecule has 24 heavy (non-hydrogen) atoms. The van der Waals surface area contributed by atoms with Gasteiger partial charge in [0, 0.05) is 49.9 Å². The van der Waals surface area contributed by atoms with E-state index in [1.807, 2.05) is 19.5 Å². The second-order valence-electron chi connectivity index (χ2n) is 6.54. The van der Waals surface area contributed by atoms with Gasteiger partial charge in [-0.25, -0.2) is 4.98 Å². The molecule has 1 aromatic heterocycles. The lowest BCUT2D eigenvalue weighted by Crippen LogP contribution is -2.44. The fraction of sp³-hybridized carbons (Fsp3) is 0.688. The molecule has 0 radical (unpaired) electrons. The number of nitrogens with zero attached hydrogens (tertiary/aromatic N) is 3. The van der Waals surface area contributed by atoms with Gasteiger partial charge in [0.25, 0.3) is 0 Å². The minimum Gasteiger partial charge on any atom is -0.344 e. The Kier molecular flexibility index (Phi) is 6.60. The van der Waals surface area contributed by atoms with E-state index in [9.17, 15) is 9.59 Å². The number of amides is 2. The average Bonchev–Trinajstić information content (AvgIpc) is 3.08. The maximum Gasteiger partial charge on any atom is 0.241 e. The van der Waals surface area contributed by atoms with Gasteiger partial charge in [-0.3, -0.25) is 9.59 Å². The van der Waals surface area contributed by atoms with Crippen LogP contribution in [0.1, 0.15) is 29.8 Å². The number of carbonyl (C=O) groups is 2. The Bertz CT molecular complexity index is 594. The molecule has 2 fully saturated rings. The number of nitrogens with one attached hydrogen (secondary N) is 1. The Morgan fingerprint density at radius 2 is 2.21 bits per heavy atom. The summed E-state index contributed by atoms with van der Waals surface area (Å²) in [6.45, 7) is 3.50. The molecule has 1 N–H and O–H groups in total. The molecule has 0 unspecified atom stereocenters.